The van der Waals surface area contributed by atoms with Crippen molar-refractivity contribution >= 4 is 0 Å². The van der Waals surface area contributed by atoms with Crippen LogP contribution < -0.4 is 5.32 Å². The van der Waals surface area contributed by atoms with Crippen molar-refractivity contribution in [2.45, 2.75) is 39.7 Å². The maximum atomic E-state index is 5.41. The zero-order valence-corrected chi connectivity index (χ0v) is 11.9. The summed E-state index contributed by atoms with van der Waals surface area (Å²) >= 11 is 0. The summed E-state index contributed by atoms with van der Waals surface area (Å²) in [6, 6.07) is 4.62. The summed E-state index contributed by atoms with van der Waals surface area (Å²) in [7, 11) is 0. The minimum atomic E-state index is 0.327. The quantitative estimate of drug-likeness (QED) is 0.893. The first-order valence-corrected chi connectivity index (χ1v) is 7.04. The van der Waals surface area contributed by atoms with Crippen LogP contribution in [-0.4, -0.2) is 37.1 Å². The molecular formula is C15H26N2O. The summed E-state index contributed by atoms with van der Waals surface area (Å²) in [6.45, 7) is 11.5. The van der Waals surface area contributed by atoms with Crippen molar-refractivity contribution in [3.63, 3.8) is 0 Å². The third-order valence-corrected chi connectivity index (χ3v) is 3.78. The Morgan fingerprint density at radius 2 is 2.28 bits per heavy atom. The Hall–Kier alpha value is -0.800. The van der Waals surface area contributed by atoms with Crippen molar-refractivity contribution in [2.24, 2.45) is 5.41 Å². The van der Waals surface area contributed by atoms with Gasteiger partial charge in [0.2, 0.25) is 0 Å². The van der Waals surface area contributed by atoms with Crippen molar-refractivity contribution < 1.29 is 4.42 Å². The van der Waals surface area contributed by atoms with Crippen molar-refractivity contribution in [3.05, 3.63) is 24.2 Å². The second-order valence-electron chi connectivity index (χ2n) is 6.36. The number of hydrogen-bond donors (Lipinski definition) is 1. The molecule has 0 spiro atoms. The van der Waals surface area contributed by atoms with Crippen molar-refractivity contribution in [3.8, 4) is 0 Å². The Kier molecular flexibility index (Phi) is 4.46. The first-order valence-electron chi connectivity index (χ1n) is 7.04. The molecular weight excluding hydrogens is 224 g/mol. The fraction of sp³-hybridized carbons (Fsp3) is 0.733. The summed E-state index contributed by atoms with van der Waals surface area (Å²) in [6.07, 6.45) is 4.02. The van der Waals surface area contributed by atoms with E-state index < -0.39 is 0 Å². The molecule has 18 heavy (non-hydrogen) atoms. The molecule has 1 aromatic rings. The molecule has 1 aromatic heterocycles. The van der Waals surface area contributed by atoms with E-state index in [4.69, 9.17) is 4.42 Å². The van der Waals surface area contributed by atoms with Crippen LogP contribution in [0.1, 0.15) is 33.0 Å². The SMILES string of the molecule is CC(C)(C)C1CN(CCc2ccco2)CCCN1. The van der Waals surface area contributed by atoms with Gasteiger partial charge in [0.05, 0.1) is 6.26 Å². The molecule has 0 saturated carbocycles. The van der Waals surface area contributed by atoms with Crippen molar-refractivity contribution in [2.75, 3.05) is 26.2 Å². The third-order valence-electron chi connectivity index (χ3n) is 3.78. The molecule has 0 bridgehead atoms. The summed E-state index contributed by atoms with van der Waals surface area (Å²) < 4.78 is 5.41. The van der Waals surface area contributed by atoms with Crippen LogP contribution in [0.5, 0.6) is 0 Å². The molecule has 1 fully saturated rings. The molecule has 3 nitrogen and oxygen atoms in total. The van der Waals surface area contributed by atoms with E-state index in [-0.39, 0.29) is 0 Å². The molecule has 1 N–H and O–H groups in total. The Balaban J connectivity index is 1.87. The maximum Gasteiger partial charge on any atom is 0.105 e. The van der Waals surface area contributed by atoms with E-state index >= 15 is 0 Å². The minimum absolute atomic E-state index is 0.327. The smallest absolute Gasteiger partial charge is 0.105 e. The van der Waals surface area contributed by atoms with Gasteiger partial charge in [0.15, 0.2) is 0 Å². The fourth-order valence-corrected chi connectivity index (χ4v) is 2.50. The van der Waals surface area contributed by atoms with Crippen LogP contribution in [0.4, 0.5) is 0 Å². The second kappa shape index (κ2) is 5.89. The molecule has 1 saturated heterocycles. The highest BCUT2D eigenvalue weighted by Gasteiger charge is 2.27. The molecule has 1 unspecified atom stereocenters. The lowest BCUT2D eigenvalue weighted by atomic mass is 9.86. The molecule has 0 amide bonds. The third kappa shape index (κ3) is 3.85. The molecule has 0 aliphatic carbocycles. The standard InChI is InChI=1S/C15H26N2O/c1-15(2,3)14-12-17(9-5-8-16-14)10-7-13-6-4-11-18-13/h4,6,11,14,16H,5,7-10,12H2,1-3H3. The molecule has 1 aliphatic rings. The van der Waals surface area contributed by atoms with Gasteiger partial charge in [-0.3, -0.25) is 0 Å². The van der Waals surface area contributed by atoms with E-state index in [9.17, 15) is 0 Å². The van der Waals surface area contributed by atoms with Gasteiger partial charge in [0, 0.05) is 25.6 Å². The molecule has 102 valence electrons. The number of nitrogens with zero attached hydrogens (tertiary/aromatic N) is 1. The zero-order chi connectivity index (χ0) is 13.0. The number of rotatable bonds is 3. The van der Waals surface area contributed by atoms with Gasteiger partial charge >= 0.3 is 0 Å². The number of hydrogen-bond acceptors (Lipinski definition) is 3. The van der Waals surface area contributed by atoms with Crippen LogP contribution in [0, 0.1) is 5.41 Å². The first kappa shape index (κ1) is 13.6. The van der Waals surface area contributed by atoms with E-state index in [1.54, 1.807) is 6.26 Å². The molecule has 0 radical (unpaired) electrons. The summed E-state index contributed by atoms with van der Waals surface area (Å²) in [5, 5.41) is 3.68. The van der Waals surface area contributed by atoms with Gasteiger partial charge in [-0.1, -0.05) is 20.8 Å². The van der Waals surface area contributed by atoms with Gasteiger partial charge in [-0.2, -0.15) is 0 Å². The number of furan rings is 1. The van der Waals surface area contributed by atoms with E-state index in [1.165, 1.54) is 13.0 Å². The number of nitrogens with one attached hydrogen (secondary N) is 1. The van der Waals surface area contributed by atoms with Gasteiger partial charge < -0.3 is 14.6 Å². The zero-order valence-electron chi connectivity index (χ0n) is 11.9. The van der Waals surface area contributed by atoms with Gasteiger partial charge in [-0.25, -0.2) is 0 Å². The molecule has 1 aliphatic heterocycles. The summed E-state index contributed by atoms with van der Waals surface area (Å²) in [5.74, 6) is 1.10. The molecule has 0 aromatic carbocycles. The lowest BCUT2D eigenvalue weighted by molar-refractivity contribution is 0.196. The lowest BCUT2D eigenvalue weighted by Crippen LogP contribution is -2.46. The highest BCUT2D eigenvalue weighted by molar-refractivity contribution is 4.98. The predicted molar refractivity (Wildman–Crippen MR) is 74.7 cm³/mol. The van der Waals surface area contributed by atoms with Gasteiger partial charge in [-0.05, 0) is 37.1 Å². The predicted octanol–water partition coefficient (Wildman–Crippen LogP) is 2.53. The molecule has 1 atom stereocenters. The Labute approximate surface area is 111 Å². The average Bonchev–Trinajstić information content (AvgIpc) is 2.69. The average molecular weight is 250 g/mol. The molecule has 2 rings (SSSR count). The lowest BCUT2D eigenvalue weighted by Gasteiger charge is -2.33. The van der Waals surface area contributed by atoms with Crippen LogP contribution in [-0.2, 0) is 6.42 Å². The second-order valence-corrected chi connectivity index (χ2v) is 6.36. The highest BCUT2D eigenvalue weighted by atomic mass is 16.3. The molecule has 3 heteroatoms. The van der Waals surface area contributed by atoms with Gasteiger partial charge in [-0.15, -0.1) is 0 Å². The monoisotopic (exact) mass is 250 g/mol. The van der Waals surface area contributed by atoms with Crippen LogP contribution in [0.3, 0.4) is 0 Å². The van der Waals surface area contributed by atoms with E-state index in [0.717, 1.165) is 31.8 Å². The first-order chi connectivity index (χ1) is 8.55. The van der Waals surface area contributed by atoms with Gasteiger partial charge in [0.1, 0.15) is 5.76 Å². The van der Waals surface area contributed by atoms with E-state index in [0.29, 0.717) is 11.5 Å². The topological polar surface area (TPSA) is 28.4 Å². The van der Waals surface area contributed by atoms with E-state index in [2.05, 4.69) is 37.1 Å². The fourth-order valence-electron chi connectivity index (χ4n) is 2.50. The molecule has 2 heterocycles. The maximum absolute atomic E-state index is 5.41. The van der Waals surface area contributed by atoms with Crippen LogP contribution in [0.25, 0.3) is 0 Å². The van der Waals surface area contributed by atoms with Crippen molar-refractivity contribution in [1.29, 1.82) is 0 Å². The normalized spacial score (nSPS) is 22.9. The highest BCUT2D eigenvalue weighted by Crippen LogP contribution is 2.21. The Bertz CT molecular complexity index is 340. The Morgan fingerprint density at radius 1 is 1.44 bits per heavy atom. The largest absolute Gasteiger partial charge is 0.469 e. The minimum Gasteiger partial charge on any atom is -0.469 e. The van der Waals surface area contributed by atoms with Crippen molar-refractivity contribution in [1.82, 2.24) is 10.2 Å². The van der Waals surface area contributed by atoms with Crippen LogP contribution >= 0.6 is 0 Å². The summed E-state index contributed by atoms with van der Waals surface area (Å²) in [5.41, 5.74) is 0.327. The van der Waals surface area contributed by atoms with E-state index in [1.807, 2.05) is 6.07 Å². The van der Waals surface area contributed by atoms with Crippen LogP contribution in [0.15, 0.2) is 22.8 Å². The Morgan fingerprint density at radius 3 is 2.94 bits per heavy atom. The van der Waals surface area contributed by atoms with Crippen LogP contribution in [0.2, 0.25) is 0 Å². The summed E-state index contributed by atoms with van der Waals surface area (Å²) in [4.78, 5) is 2.57. The van der Waals surface area contributed by atoms with Gasteiger partial charge in [0.25, 0.3) is 0 Å².